The van der Waals surface area contributed by atoms with Crippen molar-refractivity contribution in [1.29, 1.82) is 0 Å². The Morgan fingerprint density at radius 3 is 3.12 bits per heavy atom. The van der Waals surface area contributed by atoms with Crippen molar-refractivity contribution >= 4 is 5.91 Å². The zero-order valence-electron chi connectivity index (χ0n) is 10.2. The number of rotatable bonds is 3. The molecular formula is C13H17NO3. The van der Waals surface area contributed by atoms with Crippen molar-refractivity contribution in [3.05, 3.63) is 23.8 Å². The van der Waals surface area contributed by atoms with E-state index in [1.807, 2.05) is 25.1 Å². The molecule has 0 aromatic heterocycles. The molecule has 0 spiro atoms. The Labute approximate surface area is 101 Å². The van der Waals surface area contributed by atoms with Gasteiger partial charge in [-0.1, -0.05) is 13.0 Å². The molecular weight excluding hydrogens is 218 g/mol. The van der Waals surface area contributed by atoms with Crippen LogP contribution in [0.1, 0.15) is 18.9 Å². The molecule has 0 fully saturated rings. The molecule has 1 atom stereocenters. The highest BCUT2D eigenvalue weighted by molar-refractivity contribution is 5.76. The van der Waals surface area contributed by atoms with Crippen molar-refractivity contribution in [2.45, 2.75) is 25.8 Å². The van der Waals surface area contributed by atoms with Crippen LogP contribution in [0.15, 0.2) is 18.2 Å². The van der Waals surface area contributed by atoms with Gasteiger partial charge in [0.15, 0.2) is 0 Å². The molecule has 1 heterocycles. The van der Waals surface area contributed by atoms with Gasteiger partial charge in [0, 0.05) is 18.4 Å². The van der Waals surface area contributed by atoms with E-state index in [1.165, 1.54) is 0 Å². The fraction of sp³-hybridized carbons (Fsp3) is 0.462. The maximum absolute atomic E-state index is 11.3. The number of benzene rings is 1. The maximum Gasteiger partial charge on any atom is 0.220 e. The molecule has 0 saturated heterocycles. The first-order chi connectivity index (χ1) is 8.24. The minimum absolute atomic E-state index is 0.0336. The van der Waals surface area contributed by atoms with E-state index in [4.69, 9.17) is 9.47 Å². The predicted molar refractivity (Wildman–Crippen MR) is 64.4 cm³/mol. The molecule has 17 heavy (non-hydrogen) atoms. The van der Waals surface area contributed by atoms with E-state index in [2.05, 4.69) is 5.32 Å². The molecule has 2 rings (SSSR count). The summed E-state index contributed by atoms with van der Waals surface area (Å²) in [6.45, 7) is 2.36. The zero-order valence-corrected chi connectivity index (χ0v) is 10.2. The minimum atomic E-state index is 0.0336. The lowest BCUT2D eigenvalue weighted by Crippen LogP contribution is -2.42. The highest BCUT2D eigenvalue weighted by Crippen LogP contribution is 2.32. The van der Waals surface area contributed by atoms with Crippen LogP contribution in [-0.4, -0.2) is 25.7 Å². The van der Waals surface area contributed by atoms with E-state index in [9.17, 15) is 4.79 Å². The Balaban J connectivity index is 2.14. The molecule has 4 nitrogen and oxygen atoms in total. The van der Waals surface area contributed by atoms with Crippen molar-refractivity contribution in [2.75, 3.05) is 13.7 Å². The van der Waals surface area contributed by atoms with E-state index in [-0.39, 0.29) is 11.9 Å². The smallest absolute Gasteiger partial charge is 0.220 e. The lowest BCUT2D eigenvalue weighted by atomic mass is 10.0. The molecule has 1 aromatic carbocycles. The Morgan fingerprint density at radius 2 is 2.41 bits per heavy atom. The van der Waals surface area contributed by atoms with E-state index in [0.29, 0.717) is 13.0 Å². The zero-order chi connectivity index (χ0) is 12.3. The fourth-order valence-electron chi connectivity index (χ4n) is 1.99. The summed E-state index contributed by atoms with van der Waals surface area (Å²) in [5.74, 6) is 1.72. The molecule has 0 bridgehead atoms. The molecule has 92 valence electrons. The van der Waals surface area contributed by atoms with Gasteiger partial charge < -0.3 is 14.8 Å². The number of carbonyl (C=O) groups excluding carboxylic acids is 1. The SMILES string of the molecule is CCC(=O)N[C@@H]1COc2cccc(OC)c2C1. The highest BCUT2D eigenvalue weighted by Gasteiger charge is 2.23. The number of carbonyl (C=O) groups is 1. The lowest BCUT2D eigenvalue weighted by molar-refractivity contribution is -0.121. The summed E-state index contributed by atoms with van der Waals surface area (Å²) in [5, 5.41) is 2.94. The molecule has 4 heteroatoms. The topological polar surface area (TPSA) is 47.6 Å². The van der Waals surface area contributed by atoms with Gasteiger partial charge in [-0.05, 0) is 12.1 Å². The second-order valence-electron chi connectivity index (χ2n) is 4.07. The van der Waals surface area contributed by atoms with Gasteiger partial charge in [0.1, 0.15) is 18.1 Å². The van der Waals surface area contributed by atoms with Crippen molar-refractivity contribution in [3.63, 3.8) is 0 Å². The highest BCUT2D eigenvalue weighted by atomic mass is 16.5. The van der Waals surface area contributed by atoms with Gasteiger partial charge in [-0.2, -0.15) is 0 Å². The monoisotopic (exact) mass is 235 g/mol. The summed E-state index contributed by atoms with van der Waals surface area (Å²) in [7, 11) is 1.64. The van der Waals surface area contributed by atoms with Crippen molar-refractivity contribution in [1.82, 2.24) is 5.32 Å². The molecule has 0 aliphatic carbocycles. The second-order valence-corrected chi connectivity index (χ2v) is 4.07. The summed E-state index contributed by atoms with van der Waals surface area (Å²) in [5.41, 5.74) is 1.03. The molecule has 1 amide bonds. The summed E-state index contributed by atoms with van der Waals surface area (Å²) in [6.07, 6.45) is 1.25. The van der Waals surface area contributed by atoms with Crippen LogP contribution >= 0.6 is 0 Å². The van der Waals surface area contributed by atoms with Crippen molar-refractivity contribution < 1.29 is 14.3 Å². The van der Waals surface area contributed by atoms with Gasteiger partial charge in [-0.15, -0.1) is 0 Å². The van der Waals surface area contributed by atoms with Gasteiger partial charge in [-0.25, -0.2) is 0 Å². The van der Waals surface area contributed by atoms with E-state index < -0.39 is 0 Å². The first-order valence-corrected chi connectivity index (χ1v) is 5.82. The lowest BCUT2D eigenvalue weighted by Gasteiger charge is -2.27. The van der Waals surface area contributed by atoms with Gasteiger partial charge in [0.25, 0.3) is 0 Å². The Kier molecular flexibility index (Phi) is 3.52. The van der Waals surface area contributed by atoms with Crippen LogP contribution in [0, 0.1) is 0 Å². The third-order valence-electron chi connectivity index (χ3n) is 2.89. The average molecular weight is 235 g/mol. The van der Waals surface area contributed by atoms with E-state index >= 15 is 0 Å². The van der Waals surface area contributed by atoms with E-state index in [1.54, 1.807) is 7.11 Å². The Morgan fingerprint density at radius 1 is 1.59 bits per heavy atom. The third kappa shape index (κ3) is 2.52. The van der Waals surface area contributed by atoms with Gasteiger partial charge >= 0.3 is 0 Å². The minimum Gasteiger partial charge on any atom is -0.496 e. The number of fused-ring (bicyclic) bond motifs is 1. The first kappa shape index (κ1) is 11.8. The number of nitrogens with one attached hydrogen (secondary N) is 1. The van der Waals surface area contributed by atoms with Crippen LogP contribution in [0.3, 0.4) is 0 Å². The Bertz CT molecular complexity index is 403. The molecule has 1 N–H and O–H groups in total. The number of hydrogen-bond acceptors (Lipinski definition) is 3. The first-order valence-electron chi connectivity index (χ1n) is 5.82. The largest absolute Gasteiger partial charge is 0.496 e. The molecule has 1 aromatic rings. The van der Waals surface area contributed by atoms with Gasteiger partial charge in [0.2, 0.25) is 5.91 Å². The quantitative estimate of drug-likeness (QED) is 0.864. The number of hydrogen-bond donors (Lipinski definition) is 1. The van der Waals surface area contributed by atoms with Crippen LogP contribution in [0.5, 0.6) is 11.5 Å². The molecule has 0 radical (unpaired) electrons. The number of ether oxygens (including phenoxy) is 2. The van der Waals surface area contributed by atoms with Crippen LogP contribution in [0.4, 0.5) is 0 Å². The van der Waals surface area contributed by atoms with Crippen LogP contribution in [0.25, 0.3) is 0 Å². The second kappa shape index (κ2) is 5.08. The van der Waals surface area contributed by atoms with Crippen LogP contribution in [-0.2, 0) is 11.2 Å². The normalized spacial score (nSPS) is 17.9. The number of methoxy groups -OCH3 is 1. The van der Waals surface area contributed by atoms with Gasteiger partial charge in [-0.3, -0.25) is 4.79 Å². The predicted octanol–water partition coefficient (Wildman–Crippen LogP) is 1.52. The Hall–Kier alpha value is -1.71. The van der Waals surface area contributed by atoms with Crippen molar-refractivity contribution in [3.8, 4) is 11.5 Å². The summed E-state index contributed by atoms with van der Waals surface area (Å²) in [4.78, 5) is 11.3. The summed E-state index contributed by atoms with van der Waals surface area (Å²) in [6, 6.07) is 5.77. The van der Waals surface area contributed by atoms with E-state index in [0.717, 1.165) is 23.5 Å². The average Bonchev–Trinajstić information content (AvgIpc) is 2.37. The number of amides is 1. The van der Waals surface area contributed by atoms with Crippen LogP contribution in [0.2, 0.25) is 0 Å². The van der Waals surface area contributed by atoms with Gasteiger partial charge in [0.05, 0.1) is 13.2 Å². The van der Waals surface area contributed by atoms with Crippen LogP contribution < -0.4 is 14.8 Å². The van der Waals surface area contributed by atoms with Crippen molar-refractivity contribution in [2.24, 2.45) is 0 Å². The summed E-state index contributed by atoms with van der Waals surface area (Å²) < 4.78 is 10.9. The molecule has 0 saturated carbocycles. The fourth-order valence-corrected chi connectivity index (χ4v) is 1.99. The standard InChI is InChI=1S/C13H17NO3/c1-3-13(15)14-9-7-10-11(16-2)5-4-6-12(10)17-8-9/h4-6,9H,3,7-8H2,1-2H3,(H,14,15)/t9-/m0/s1. The summed E-state index contributed by atoms with van der Waals surface area (Å²) >= 11 is 0. The maximum atomic E-state index is 11.3. The molecule has 1 aliphatic rings. The molecule has 1 aliphatic heterocycles. The third-order valence-corrected chi connectivity index (χ3v) is 2.89. The molecule has 0 unspecified atom stereocenters.